The Labute approximate surface area is 160 Å². The fourth-order valence-corrected chi connectivity index (χ4v) is 4.25. The van der Waals surface area contributed by atoms with E-state index in [1.807, 2.05) is 11.8 Å². The van der Waals surface area contributed by atoms with E-state index in [4.69, 9.17) is 14.2 Å². The van der Waals surface area contributed by atoms with Crippen LogP contribution in [-0.4, -0.2) is 85.7 Å². The van der Waals surface area contributed by atoms with Crippen LogP contribution in [0.25, 0.3) is 0 Å². The molecule has 2 amide bonds. The van der Waals surface area contributed by atoms with Gasteiger partial charge in [-0.25, -0.2) is 0 Å². The van der Waals surface area contributed by atoms with E-state index in [2.05, 4.69) is 5.32 Å². The number of aliphatic hydroxyl groups is 1. The quantitative estimate of drug-likeness (QED) is 0.712. The Kier molecular flexibility index (Phi) is 7.46. The van der Waals surface area contributed by atoms with Gasteiger partial charge in [0.2, 0.25) is 11.8 Å². The lowest BCUT2D eigenvalue weighted by atomic mass is 9.91. The summed E-state index contributed by atoms with van der Waals surface area (Å²) in [7, 11) is 0. The molecule has 8 heteroatoms. The molecule has 0 unspecified atom stereocenters. The molecule has 2 N–H and O–H groups in total. The van der Waals surface area contributed by atoms with Gasteiger partial charge in [-0.1, -0.05) is 0 Å². The molecule has 0 spiro atoms. The van der Waals surface area contributed by atoms with Crippen molar-refractivity contribution >= 4 is 11.8 Å². The third-order valence-corrected chi connectivity index (χ3v) is 5.62. The first-order valence-electron chi connectivity index (χ1n) is 10.1. The van der Waals surface area contributed by atoms with Gasteiger partial charge in [0.15, 0.2) is 0 Å². The summed E-state index contributed by atoms with van der Waals surface area (Å²) in [5.74, 6) is 0.0123. The van der Waals surface area contributed by atoms with Gasteiger partial charge in [0.1, 0.15) is 6.10 Å². The predicted octanol–water partition coefficient (Wildman–Crippen LogP) is 0.0751. The number of carbonyl (C=O) groups is 2. The van der Waals surface area contributed by atoms with E-state index in [0.717, 1.165) is 19.3 Å². The molecule has 3 heterocycles. The van der Waals surface area contributed by atoms with Crippen molar-refractivity contribution in [1.82, 2.24) is 10.2 Å². The molecular formula is C19H32N2O6. The van der Waals surface area contributed by atoms with Gasteiger partial charge in [-0.2, -0.15) is 0 Å². The Hall–Kier alpha value is -1.22. The molecule has 3 aliphatic rings. The lowest BCUT2D eigenvalue weighted by Gasteiger charge is -2.45. The summed E-state index contributed by atoms with van der Waals surface area (Å²) < 4.78 is 17.1. The third kappa shape index (κ3) is 5.40. The number of nitrogens with zero attached hydrogens (tertiary/aromatic N) is 1. The molecule has 0 radical (unpaired) electrons. The van der Waals surface area contributed by atoms with Gasteiger partial charge in [0, 0.05) is 32.2 Å². The predicted molar refractivity (Wildman–Crippen MR) is 97.1 cm³/mol. The van der Waals surface area contributed by atoms with Gasteiger partial charge in [-0.05, 0) is 32.6 Å². The highest BCUT2D eigenvalue weighted by Gasteiger charge is 2.41. The molecule has 0 aromatic rings. The molecule has 8 nitrogen and oxygen atoms in total. The maximum Gasteiger partial charge on any atom is 0.226 e. The second-order valence-electron chi connectivity index (χ2n) is 7.67. The minimum absolute atomic E-state index is 0.0155. The van der Waals surface area contributed by atoms with Gasteiger partial charge in [-0.15, -0.1) is 0 Å². The van der Waals surface area contributed by atoms with Crippen molar-refractivity contribution in [2.24, 2.45) is 5.92 Å². The average molecular weight is 384 g/mol. The van der Waals surface area contributed by atoms with E-state index in [0.29, 0.717) is 39.2 Å². The summed E-state index contributed by atoms with van der Waals surface area (Å²) in [6.07, 6.45) is 2.11. The van der Waals surface area contributed by atoms with Crippen molar-refractivity contribution in [2.75, 3.05) is 39.5 Å². The van der Waals surface area contributed by atoms with E-state index in [9.17, 15) is 14.7 Å². The van der Waals surface area contributed by atoms with Gasteiger partial charge >= 0.3 is 0 Å². The minimum Gasteiger partial charge on any atom is -0.389 e. The first-order chi connectivity index (χ1) is 13.1. The lowest BCUT2D eigenvalue weighted by molar-refractivity contribution is -0.173. The van der Waals surface area contributed by atoms with E-state index in [1.165, 1.54) is 0 Å². The summed E-state index contributed by atoms with van der Waals surface area (Å²) >= 11 is 0. The van der Waals surface area contributed by atoms with Crippen molar-refractivity contribution in [1.29, 1.82) is 0 Å². The van der Waals surface area contributed by atoms with Crippen LogP contribution in [0.4, 0.5) is 0 Å². The molecule has 3 rings (SSSR count). The molecule has 3 aliphatic heterocycles. The number of nitrogens with one attached hydrogen (secondary N) is 1. The number of hydrogen-bond acceptors (Lipinski definition) is 6. The topological polar surface area (TPSA) is 97.3 Å². The number of β-amino-alcohol motifs (C(OH)–C–C–N with tert-alkyl or cyclic N) is 1. The fourth-order valence-electron chi connectivity index (χ4n) is 4.25. The van der Waals surface area contributed by atoms with Crippen LogP contribution in [0.3, 0.4) is 0 Å². The van der Waals surface area contributed by atoms with Crippen LogP contribution in [0.1, 0.15) is 39.0 Å². The normalized spacial score (nSPS) is 32.9. The number of aliphatic hydroxyl groups excluding tert-OH is 1. The summed E-state index contributed by atoms with van der Waals surface area (Å²) in [4.78, 5) is 26.9. The van der Waals surface area contributed by atoms with Crippen molar-refractivity contribution in [3.05, 3.63) is 0 Å². The van der Waals surface area contributed by atoms with Gasteiger partial charge in [0.05, 0.1) is 37.9 Å². The Morgan fingerprint density at radius 1 is 1.11 bits per heavy atom. The summed E-state index contributed by atoms with van der Waals surface area (Å²) in [5, 5.41) is 13.0. The van der Waals surface area contributed by atoms with Crippen LogP contribution in [-0.2, 0) is 23.8 Å². The molecule has 0 aromatic heterocycles. The maximum atomic E-state index is 13.2. The lowest BCUT2D eigenvalue weighted by Crippen LogP contribution is -2.58. The minimum atomic E-state index is -0.692. The summed E-state index contributed by atoms with van der Waals surface area (Å²) in [5.41, 5.74) is 0. The molecule has 3 saturated heterocycles. The van der Waals surface area contributed by atoms with Crippen LogP contribution in [0, 0.1) is 5.92 Å². The average Bonchev–Trinajstić information content (AvgIpc) is 2.65. The largest absolute Gasteiger partial charge is 0.389 e. The summed E-state index contributed by atoms with van der Waals surface area (Å²) in [6, 6.07) is -0.124. The first kappa shape index (κ1) is 20.5. The van der Waals surface area contributed by atoms with Crippen molar-refractivity contribution in [3.63, 3.8) is 0 Å². The molecule has 0 aliphatic carbocycles. The Balaban J connectivity index is 1.67. The standard InChI is InChI=1S/C19H32N2O6/c1-2-20-18(23)9-15-3-4-16-17(27-15)12-26-11-14(22)10-21(16)19(24)13-5-7-25-8-6-13/h13-17,22H,2-12H2,1H3,(H,20,23)/t14-,15-,16+,17-/m1/s1. The number of fused-ring (bicyclic) bond motifs is 1. The van der Waals surface area contributed by atoms with E-state index >= 15 is 0 Å². The van der Waals surface area contributed by atoms with E-state index in [-0.39, 0.29) is 49.1 Å². The second kappa shape index (κ2) is 9.82. The van der Waals surface area contributed by atoms with E-state index < -0.39 is 6.10 Å². The maximum absolute atomic E-state index is 13.2. The molecule has 4 atom stereocenters. The monoisotopic (exact) mass is 384 g/mol. The molecule has 27 heavy (non-hydrogen) atoms. The number of rotatable bonds is 4. The fraction of sp³-hybridized carbons (Fsp3) is 0.895. The Morgan fingerprint density at radius 2 is 1.89 bits per heavy atom. The van der Waals surface area contributed by atoms with E-state index in [1.54, 1.807) is 0 Å². The highest BCUT2D eigenvalue weighted by molar-refractivity contribution is 5.79. The third-order valence-electron chi connectivity index (χ3n) is 5.62. The zero-order chi connectivity index (χ0) is 19.2. The SMILES string of the molecule is CCNC(=O)C[C@H]1CC[C@H]2[C@@H](COC[C@H](O)CN2C(=O)C2CCOCC2)O1. The van der Waals surface area contributed by atoms with Gasteiger partial charge in [0.25, 0.3) is 0 Å². The zero-order valence-electron chi connectivity index (χ0n) is 16.1. The van der Waals surface area contributed by atoms with Crippen molar-refractivity contribution in [2.45, 2.75) is 63.4 Å². The molecule has 0 aromatic carbocycles. The molecular weight excluding hydrogens is 352 g/mol. The van der Waals surface area contributed by atoms with Gasteiger partial charge in [-0.3, -0.25) is 9.59 Å². The number of hydrogen-bond donors (Lipinski definition) is 2. The number of carbonyl (C=O) groups excluding carboxylic acids is 2. The number of amides is 2. The zero-order valence-corrected chi connectivity index (χ0v) is 16.1. The molecule has 3 fully saturated rings. The molecule has 0 bridgehead atoms. The first-order valence-corrected chi connectivity index (χ1v) is 10.1. The highest BCUT2D eigenvalue weighted by atomic mass is 16.5. The Bertz CT molecular complexity index is 510. The van der Waals surface area contributed by atoms with Crippen molar-refractivity contribution < 1.29 is 28.9 Å². The molecule has 0 saturated carbocycles. The van der Waals surface area contributed by atoms with Crippen LogP contribution in [0.2, 0.25) is 0 Å². The second-order valence-corrected chi connectivity index (χ2v) is 7.67. The van der Waals surface area contributed by atoms with Crippen LogP contribution in [0.5, 0.6) is 0 Å². The van der Waals surface area contributed by atoms with Crippen LogP contribution < -0.4 is 5.32 Å². The summed E-state index contributed by atoms with van der Waals surface area (Å²) in [6.45, 7) is 4.48. The smallest absolute Gasteiger partial charge is 0.226 e. The highest BCUT2D eigenvalue weighted by Crippen LogP contribution is 2.30. The van der Waals surface area contributed by atoms with Crippen molar-refractivity contribution in [3.8, 4) is 0 Å². The Morgan fingerprint density at radius 3 is 2.63 bits per heavy atom. The van der Waals surface area contributed by atoms with Crippen LogP contribution >= 0.6 is 0 Å². The van der Waals surface area contributed by atoms with Gasteiger partial charge < -0.3 is 29.5 Å². The van der Waals surface area contributed by atoms with Crippen LogP contribution in [0.15, 0.2) is 0 Å². The molecule has 154 valence electrons. The number of ether oxygens (including phenoxy) is 3.